The highest BCUT2D eigenvalue weighted by molar-refractivity contribution is 7.98. The van der Waals surface area contributed by atoms with Gasteiger partial charge in [-0.3, -0.25) is 9.59 Å². The minimum Gasteiger partial charge on any atom is -0.466 e. The van der Waals surface area contributed by atoms with Crippen LogP contribution in [0.4, 0.5) is 5.82 Å². The van der Waals surface area contributed by atoms with Gasteiger partial charge in [0, 0.05) is 49.0 Å². The van der Waals surface area contributed by atoms with Gasteiger partial charge in [-0.15, -0.1) is 0 Å². The number of ether oxygens (including phenoxy) is 2. The molecule has 2 aromatic rings. The number of piperidine rings is 1. The second-order valence-electron chi connectivity index (χ2n) is 10.6. The Labute approximate surface area is 224 Å². The molecule has 2 aliphatic rings. The molecule has 3 heterocycles. The smallest absolute Gasteiger partial charge is 0.310 e. The first-order chi connectivity index (χ1) is 17.7. The van der Waals surface area contributed by atoms with Crippen LogP contribution in [0.15, 0.2) is 35.5 Å². The molecular formula is C28H38N4O4S. The highest BCUT2D eigenvalue weighted by Crippen LogP contribution is 2.29. The standard InChI is InChI=1S/C28H38N4O4S/c1-5-36-26(34)22-10-7-11-32(18-22)25(33)21-9-6-8-20(16-21)19-37-27-29-23(28(2,3)4)17-24(30-27)31-12-14-35-15-13-31/h6,8-9,16-17,22H,5,7,10-15,18-19H2,1-4H3/t22-/m0/s1. The van der Waals surface area contributed by atoms with Crippen LogP contribution in [-0.2, 0) is 25.4 Å². The quantitative estimate of drug-likeness (QED) is 0.300. The molecule has 8 nitrogen and oxygen atoms in total. The Hall–Kier alpha value is -2.65. The molecule has 0 radical (unpaired) electrons. The van der Waals surface area contributed by atoms with Crippen molar-refractivity contribution in [1.82, 2.24) is 14.9 Å². The van der Waals surface area contributed by atoms with Gasteiger partial charge in [-0.05, 0) is 37.5 Å². The Kier molecular flexibility index (Phi) is 9.08. The number of thioether (sulfide) groups is 1. The Bertz CT molecular complexity index is 1100. The van der Waals surface area contributed by atoms with Crippen molar-refractivity contribution >= 4 is 29.5 Å². The van der Waals surface area contributed by atoms with Crippen molar-refractivity contribution in [3.63, 3.8) is 0 Å². The number of carbonyl (C=O) groups is 2. The molecule has 0 aliphatic carbocycles. The molecule has 2 saturated heterocycles. The third-order valence-electron chi connectivity index (χ3n) is 6.67. The number of aromatic nitrogens is 2. The summed E-state index contributed by atoms with van der Waals surface area (Å²) in [6.07, 6.45) is 1.57. The fraction of sp³-hybridized carbons (Fsp3) is 0.571. The van der Waals surface area contributed by atoms with E-state index >= 15 is 0 Å². The van der Waals surface area contributed by atoms with Crippen molar-refractivity contribution in [3.8, 4) is 0 Å². The Balaban J connectivity index is 1.46. The van der Waals surface area contributed by atoms with Crippen molar-refractivity contribution in [2.45, 2.75) is 56.9 Å². The maximum absolute atomic E-state index is 13.3. The highest BCUT2D eigenvalue weighted by Gasteiger charge is 2.30. The first kappa shape index (κ1) is 27.4. The average molecular weight is 527 g/mol. The van der Waals surface area contributed by atoms with Crippen molar-refractivity contribution in [2.75, 3.05) is 50.9 Å². The minimum atomic E-state index is -0.246. The van der Waals surface area contributed by atoms with Gasteiger partial charge in [-0.25, -0.2) is 9.97 Å². The van der Waals surface area contributed by atoms with E-state index in [4.69, 9.17) is 19.4 Å². The zero-order valence-corrected chi connectivity index (χ0v) is 23.2. The molecule has 2 aliphatic heterocycles. The van der Waals surface area contributed by atoms with Crippen LogP contribution in [0.3, 0.4) is 0 Å². The van der Waals surface area contributed by atoms with Crippen molar-refractivity contribution < 1.29 is 19.1 Å². The first-order valence-corrected chi connectivity index (χ1v) is 14.1. The van der Waals surface area contributed by atoms with Crippen LogP contribution in [0, 0.1) is 5.92 Å². The zero-order chi connectivity index (χ0) is 26.4. The molecule has 1 atom stereocenters. The van der Waals surface area contributed by atoms with E-state index in [0.29, 0.717) is 44.2 Å². The number of morpholine rings is 1. The van der Waals surface area contributed by atoms with E-state index in [9.17, 15) is 9.59 Å². The number of hydrogen-bond donors (Lipinski definition) is 0. The second-order valence-corrected chi connectivity index (χ2v) is 11.5. The van der Waals surface area contributed by atoms with Gasteiger partial charge in [0.15, 0.2) is 5.16 Å². The maximum atomic E-state index is 13.3. The minimum absolute atomic E-state index is 0.0403. The molecular weight excluding hydrogens is 488 g/mol. The molecule has 1 aromatic carbocycles. The summed E-state index contributed by atoms with van der Waals surface area (Å²) < 4.78 is 10.7. The normalized spacial score (nSPS) is 18.5. The van der Waals surface area contributed by atoms with E-state index in [1.54, 1.807) is 23.6 Å². The molecule has 0 saturated carbocycles. The van der Waals surface area contributed by atoms with E-state index in [0.717, 1.165) is 48.2 Å². The number of esters is 1. The summed E-state index contributed by atoms with van der Waals surface area (Å²) in [5.74, 6) is 1.10. The maximum Gasteiger partial charge on any atom is 0.310 e. The number of likely N-dealkylation sites (tertiary alicyclic amines) is 1. The molecule has 0 bridgehead atoms. The van der Waals surface area contributed by atoms with Crippen LogP contribution in [0.1, 0.15) is 62.2 Å². The Morgan fingerprint density at radius 3 is 2.65 bits per heavy atom. The summed E-state index contributed by atoms with van der Waals surface area (Å²) >= 11 is 1.58. The third kappa shape index (κ3) is 7.23. The lowest BCUT2D eigenvalue weighted by Gasteiger charge is -2.31. The third-order valence-corrected chi connectivity index (χ3v) is 7.58. The summed E-state index contributed by atoms with van der Waals surface area (Å²) in [6.45, 7) is 12.8. The number of anilines is 1. The molecule has 0 spiro atoms. The summed E-state index contributed by atoms with van der Waals surface area (Å²) in [4.78, 5) is 39.2. The van der Waals surface area contributed by atoms with Gasteiger partial charge >= 0.3 is 5.97 Å². The monoisotopic (exact) mass is 526 g/mol. The zero-order valence-electron chi connectivity index (χ0n) is 22.4. The van der Waals surface area contributed by atoms with Crippen LogP contribution in [0.5, 0.6) is 0 Å². The predicted octanol–water partition coefficient (Wildman–Crippen LogP) is 4.32. The molecule has 9 heteroatoms. The lowest BCUT2D eigenvalue weighted by atomic mass is 9.92. The summed E-state index contributed by atoms with van der Waals surface area (Å²) in [7, 11) is 0. The number of carbonyl (C=O) groups excluding carboxylic acids is 2. The summed E-state index contributed by atoms with van der Waals surface area (Å²) in [5, 5.41) is 0.735. The van der Waals surface area contributed by atoms with Crippen molar-refractivity contribution in [2.24, 2.45) is 5.92 Å². The van der Waals surface area contributed by atoms with Crippen LogP contribution in [0.25, 0.3) is 0 Å². The van der Waals surface area contributed by atoms with E-state index in [-0.39, 0.29) is 23.2 Å². The van der Waals surface area contributed by atoms with E-state index in [2.05, 4.69) is 31.7 Å². The topological polar surface area (TPSA) is 84.9 Å². The van der Waals surface area contributed by atoms with Gasteiger partial charge in [-0.2, -0.15) is 0 Å². The average Bonchev–Trinajstić information content (AvgIpc) is 2.91. The largest absolute Gasteiger partial charge is 0.466 e. The lowest BCUT2D eigenvalue weighted by Crippen LogP contribution is -2.42. The van der Waals surface area contributed by atoms with Crippen molar-refractivity contribution in [1.29, 1.82) is 0 Å². The van der Waals surface area contributed by atoms with Crippen LogP contribution in [0.2, 0.25) is 0 Å². The Morgan fingerprint density at radius 2 is 1.92 bits per heavy atom. The molecule has 4 rings (SSSR count). The van der Waals surface area contributed by atoms with E-state index in [1.807, 2.05) is 24.3 Å². The van der Waals surface area contributed by atoms with Crippen molar-refractivity contribution in [3.05, 3.63) is 47.2 Å². The van der Waals surface area contributed by atoms with Crippen LogP contribution < -0.4 is 4.90 Å². The van der Waals surface area contributed by atoms with Gasteiger partial charge in [0.25, 0.3) is 5.91 Å². The summed E-state index contributed by atoms with van der Waals surface area (Å²) in [5.41, 5.74) is 2.59. The lowest BCUT2D eigenvalue weighted by molar-refractivity contribution is -0.149. The van der Waals surface area contributed by atoms with E-state index < -0.39 is 0 Å². The molecule has 200 valence electrons. The van der Waals surface area contributed by atoms with Gasteiger partial charge in [0.05, 0.1) is 31.4 Å². The summed E-state index contributed by atoms with van der Waals surface area (Å²) in [6, 6.07) is 9.83. The SMILES string of the molecule is CCOC(=O)[C@H]1CCCN(C(=O)c2cccc(CSc3nc(N4CCOCC4)cc(C(C)(C)C)n3)c2)C1. The molecule has 2 fully saturated rings. The first-order valence-electron chi connectivity index (χ1n) is 13.1. The molecule has 0 unspecified atom stereocenters. The van der Waals surface area contributed by atoms with Gasteiger partial charge in [0.1, 0.15) is 5.82 Å². The van der Waals surface area contributed by atoms with Crippen LogP contribution >= 0.6 is 11.8 Å². The Morgan fingerprint density at radius 1 is 1.14 bits per heavy atom. The van der Waals surface area contributed by atoms with Gasteiger partial charge < -0.3 is 19.3 Å². The van der Waals surface area contributed by atoms with E-state index in [1.165, 1.54) is 0 Å². The highest BCUT2D eigenvalue weighted by atomic mass is 32.2. The van der Waals surface area contributed by atoms with Crippen LogP contribution in [-0.4, -0.2) is 72.7 Å². The molecule has 37 heavy (non-hydrogen) atoms. The molecule has 1 amide bonds. The predicted molar refractivity (Wildman–Crippen MR) is 145 cm³/mol. The number of amides is 1. The number of rotatable bonds is 7. The fourth-order valence-electron chi connectivity index (χ4n) is 4.55. The molecule has 1 aromatic heterocycles. The van der Waals surface area contributed by atoms with Gasteiger partial charge in [0.2, 0.25) is 0 Å². The number of hydrogen-bond acceptors (Lipinski definition) is 8. The number of benzene rings is 1. The number of nitrogens with zero attached hydrogens (tertiary/aromatic N) is 4. The fourth-order valence-corrected chi connectivity index (χ4v) is 5.35. The van der Waals surface area contributed by atoms with Gasteiger partial charge in [-0.1, -0.05) is 44.7 Å². The molecule has 0 N–H and O–H groups in total. The second kappa shape index (κ2) is 12.3.